The Labute approximate surface area is 95.3 Å². The third-order valence-electron chi connectivity index (χ3n) is 3.08. The fourth-order valence-corrected chi connectivity index (χ4v) is 1.90. The molecule has 0 aromatic carbocycles. The summed E-state index contributed by atoms with van der Waals surface area (Å²) in [6.07, 6.45) is 3.92. The van der Waals surface area contributed by atoms with Crippen LogP contribution in [0.5, 0.6) is 0 Å². The van der Waals surface area contributed by atoms with Gasteiger partial charge in [0.25, 0.3) is 0 Å². The average Bonchev–Trinajstić information content (AvgIpc) is 2.96. The number of aromatic nitrogens is 2. The smallest absolute Gasteiger partial charge is 0.227 e. The minimum Gasteiger partial charge on any atom is -0.370 e. The van der Waals surface area contributed by atoms with Gasteiger partial charge in [0.05, 0.1) is 0 Å². The van der Waals surface area contributed by atoms with Crippen LogP contribution in [0, 0.1) is 5.92 Å². The van der Waals surface area contributed by atoms with E-state index in [4.69, 9.17) is 15.0 Å². The topological polar surface area (TPSA) is 74.2 Å². The zero-order chi connectivity index (χ0) is 11.4. The molecule has 1 fully saturated rings. The normalized spacial score (nSPS) is 22.5. The lowest BCUT2D eigenvalue weighted by molar-refractivity contribution is 0.103. The van der Waals surface area contributed by atoms with Crippen molar-refractivity contribution in [2.45, 2.75) is 38.7 Å². The van der Waals surface area contributed by atoms with E-state index in [-0.39, 0.29) is 6.10 Å². The average molecular weight is 225 g/mol. The highest BCUT2D eigenvalue weighted by Crippen LogP contribution is 2.26. The van der Waals surface area contributed by atoms with Crippen molar-refractivity contribution in [3.8, 4) is 0 Å². The SMILES string of the molecule is CCC(CN)Cc1nc(C2CCCO2)no1. The Hall–Kier alpha value is -0.940. The van der Waals surface area contributed by atoms with Crippen LogP contribution in [-0.2, 0) is 11.2 Å². The lowest BCUT2D eigenvalue weighted by Gasteiger charge is -2.07. The molecule has 2 rings (SSSR count). The van der Waals surface area contributed by atoms with Crippen molar-refractivity contribution in [1.29, 1.82) is 0 Å². The van der Waals surface area contributed by atoms with Crippen LogP contribution < -0.4 is 5.73 Å². The summed E-state index contributed by atoms with van der Waals surface area (Å²) in [7, 11) is 0. The maximum Gasteiger partial charge on any atom is 0.227 e. The zero-order valence-electron chi connectivity index (χ0n) is 9.69. The summed E-state index contributed by atoms with van der Waals surface area (Å²) < 4.78 is 10.7. The molecule has 1 aliphatic heterocycles. The molecular formula is C11H19N3O2. The highest BCUT2D eigenvalue weighted by atomic mass is 16.5. The van der Waals surface area contributed by atoms with Crippen LogP contribution in [0.25, 0.3) is 0 Å². The summed E-state index contributed by atoms with van der Waals surface area (Å²) in [5, 5.41) is 3.97. The van der Waals surface area contributed by atoms with Crippen molar-refractivity contribution in [2.24, 2.45) is 11.7 Å². The maximum atomic E-state index is 5.65. The minimum absolute atomic E-state index is 0.0375. The maximum absolute atomic E-state index is 5.65. The number of nitrogens with two attached hydrogens (primary N) is 1. The molecule has 1 aliphatic rings. The van der Waals surface area contributed by atoms with Crippen LogP contribution in [-0.4, -0.2) is 23.3 Å². The van der Waals surface area contributed by atoms with Gasteiger partial charge in [0.1, 0.15) is 6.10 Å². The fourth-order valence-electron chi connectivity index (χ4n) is 1.90. The van der Waals surface area contributed by atoms with E-state index >= 15 is 0 Å². The Morgan fingerprint density at radius 2 is 2.44 bits per heavy atom. The molecule has 16 heavy (non-hydrogen) atoms. The van der Waals surface area contributed by atoms with Gasteiger partial charge in [0, 0.05) is 13.0 Å². The van der Waals surface area contributed by atoms with Gasteiger partial charge in [0.15, 0.2) is 0 Å². The third kappa shape index (κ3) is 2.59. The standard InChI is InChI=1S/C11H19N3O2/c1-2-8(7-12)6-10-13-11(14-16-10)9-4-3-5-15-9/h8-9H,2-7,12H2,1H3. The first-order valence-electron chi connectivity index (χ1n) is 5.97. The summed E-state index contributed by atoms with van der Waals surface area (Å²) in [5.74, 6) is 1.81. The minimum atomic E-state index is 0.0375. The first-order valence-corrected chi connectivity index (χ1v) is 5.97. The molecule has 0 saturated carbocycles. The molecule has 1 saturated heterocycles. The molecular weight excluding hydrogens is 206 g/mol. The summed E-state index contributed by atoms with van der Waals surface area (Å²) in [5.41, 5.74) is 5.65. The van der Waals surface area contributed by atoms with Crippen molar-refractivity contribution < 1.29 is 9.26 Å². The van der Waals surface area contributed by atoms with Gasteiger partial charge in [-0.25, -0.2) is 0 Å². The molecule has 0 radical (unpaired) electrons. The number of nitrogens with zero attached hydrogens (tertiary/aromatic N) is 2. The largest absolute Gasteiger partial charge is 0.370 e. The summed E-state index contributed by atoms with van der Waals surface area (Å²) in [6.45, 7) is 3.58. The Bertz CT molecular complexity index is 317. The molecule has 90 valence electrons. The Kier molecular flexibility index (Phi) is 3.90. The second-order valence-electron chi connectivity index (χ2n) is 4.26. The van der Waals surface area contributed by atoms with Crippen molar-refractivity contribution in [1.82, 2.24) is 10.1 Å². The van der Waals surface area contributed by atoms with Crippen molar-refractivity contribution >= 4 is 0 Å². The molecule has 1 aromatic rings. The molecule has 5 nitrogen and oxygen atoms in total. The van der Waals surface area contributed by atoms with Gasteiger partial charge in [-0.1, -0.05) is 18.5 Å². The second-order valence-corrected chi connectivity index (χ2v) is 4.26. The van der Waals surface area contributed by atoms with E-state index in [0.29, 0.717) is 24.2 Å². The third-order valence-corrected chi connectivity index (χ3v) is 3.08. The zero-order valence-corrected chi connectivity index (χ0v) is 9.69. The van der Waals surface area contributed by atoms with E-state index in [0.717, 1.165) is 32.3 Å². The van der Waals surface area contributed by atoms with Crippen LogP contribution in [0.3, 0.4) is 0 Å². The number of rotatable bonds is 5. The summed E-state index contributed by atoms with van der Waals surface area (Å²) in [6, 6.07) is 0. The molecule has 0 aliphatic carbocycles. The Morgan fingerprint density at radius 3 is 3.06 bits per heavy atom. The number of ether oxygens (including phenoxy) is 1. The lowest BCUT2D eigenvalue weighted by Crippen LogP contribution is -2.16. The van der Waals surface area contributed by atoms with Crippen molar-refractivity contribution in [2.75, 3.05) is 13.2 Å². The quantitative estimate of drug-likeness (QED) is 0.821. The molecule has 2 unspecified atom stereocenters. The van der Waals surface area contributed by atoms with Crippen LogP contribution in [0.4, 0.5) is 0 Å². The Balaban J connectivity index is 1.96. The van der Waals surface area contributed by atoms with Crippen LogP contribution in [0.1, 0.15) is 44.0 Å². The molecule has 0 bridgehead atoms. The van der Waals surface area contributed by atoms with E-state index in [1.165, 1.54) is 0 Å². The second kappa shape index (κ2) is 5.41. The van der Waals surface area contributed by atoms with Gasteiger partial charge in [-0.3, -0.25) is 0 Å². The fraction of sp³-hybridized carbons (Fsp3) is 0.818. The predicted molar refractivity (Wildman–Crippen MR) is 58.8 cm³/mol. The first kappa shape index (κ1) is 11.5. The van der Waals surface area contributed by atoms with Gasteiger partial charge in [-0.15, -0.1) is 0 Å². The van der Waals surface area contributed by atoms with E-state index in [9.17, 15) is 0 Å². The van der Waals surface area contributed by atoms with Crippen LogP contribution in [0.2, 0.25) is 0 Å². The van der Waals surface area contributed by atoms with Gasteiger partial charge in [-0.2, -0.15) is 4.98 Å². The van der Waals surface area contributed by atoms with E-state index in [1.54, 1.807) is 0 Å². The van der Waals surface area contributed by atoms with Crippen molar-refractivity contribution in [3.63, 3.8) is 0 Å². The Morgan fingerprint density at radius 1 is 1.56 bits per heavy atom. The molecule has 0 amide bonds. The van der Waals surface area contributed by atoms with Crippen LogP contribution >= 0.6 is 0 Å². The number of hydrogen-bond donors (Lipinski definition) is 1. The molecule has 2 heterocycles. The first-order chi connectivity index (χ1) is 7.83. The molecule has 5 heteroatoms. The van der Waals surface area contributed by atoms with Crippen molar-refractivity contribution in [3.05, 3.63) is 11.7 Å². The highest BCUT2D eigenvalue weighted by Gasteiger charge is 2.23. The predicted octanol–water partition coefficient (Wildman–Crippen LogP) is 1.45. The van der Waals surface area contributed by atoms with E-state index < -0.39 is 0 Å². The molecule has 1 aromatic heterocycles. The van der Waals surface area contributed by atoms with Gasteiger partial charge in [0.2, 0.25) is 11.7 Å². The summed E-state index contributed by atoms with van der Waals surface area (Å²) >= 11 is 0. The molecule has 2 N–H and O–H groups in total. The molecule has 0 spiro atoms. The summed E-state index contributed by atoms with van der Waals surface area (Å²) in [4.78, 5) is 4.37. The lowest BCUT2D eigenvalue weighted by atomic mass is 10.0. The van der Waals surface area contributed by atoms with E-state index in [1.807, 2.05) is 0 Å². The monoisotopic (exact) mass is 225 g/mol. The van der Waals surface area contributed by atoms with Crippen LogP contribution in [0.15, 0.2) is 4.52 Å². The van der Waals surface area contributed by atoms with Gasteiger partial charge in [-0.05, 0) is 25.3 Å². The van der Waals surface area contributed by atoms with Gasteiger partial charge < -0.3 is 15.0 Å². The molecule has 2 atom stereocenters. The van der Waals surface area contributed by atoms with Gasteiger partial charge >= 0.3 is 0 Å². The highest BCUT2D eigenvalue weighted by molar-refractivity contribution is 4.94. The number of hydrogen-bond acceptors (Lipinski definition) is 5. The van der Waals surface area contributed by atoms with E-state index in [2.05, 4.69) is 17.1 Å².